The lowest BCUT2D eigenvalue weighted by Crippen LogP contribution is -2.62. The molecule has 1 heterocycles. The van der Waals surface area contributed by atoms with Crippen LogP contribution >= 0.6 is 0 Å². The molecule has 3 fully saturated rings. The fourth-order valence-corrected chi connectivity index (χ4v) is 4.54. The van der Waals surface area contributed by atoms with E-state index in [-0.39, 0.29) is 12.8 Å². The predicted octanol–water partition coefficient (Wildman–Crippen LogP) is 1.32. The molecular weight excluding hydrogens is 370 g/mol. The van der Waals surface area contributed by atoms with E-state index in [0.717, 1.165) is 4.31 Å². The summed E-state index contributed by atoms with van der Waals surface area (Å²) in [5.41, 5.74) is 2.04. The summed E-state index contributed by atoms with van der Waals surface area (Å²) >= 11 is 0. The van der Waals surface area contributed by atoms with E-state index in [4.69, 9.17) is 19.8 Å². The molecule has 3 aliphatic rings. The second-order valence-electron chi connectivity index (χ2n) is 8.03. The SMILES string of the molecule is CC(C)(C)OC(=O)N1[C@@]2(C)CCC2OS1(=O)=O.N[C@@]1(C(=O)O)CCC1[18F]. The Kier molecular flexibility index (Phi) is 5.06. The maximum absolute atomic E-state index is 12.3. The van der Waals surface area contributed by atoms with Crippen molar-refractivity contribution in [2.75, 3.05) is 0 Å². The Morgan fingerprint density at radius 3 is 2.12 bits per heavy atom. The van der Waals surface area contributed by atoms with Crippen LogP contribution in [0.4, 0.5) is 9.18 Å². The third-order valence-corrected chi connectivity index (χ3v) is 6.35. The number of nitrogens with zero attached hydrogens (tertiary/aromatic N) is 1. The van der Waals surface area contributed by atoms with Crippen LogP contribution < -0.4 is 5.73 Å². The van der Waals surface area contributed by atoms with E-state index in [9.17, 15) is 22.4 Å². The summed E-state index contributed by atoms with van der Waals surface area (Å²) < 4.78 is 46.6. The summed E-state index contributed by atoms with van der Waals surface area (Å²) in [4.78, 5) is 22.1. The zero-order valence-corrected chi connectivity index (χ0v) is 16.0. The number of ether oxygens (including phenoxy) is 1. The van der Waals surface area contributed by atoms with Gasteiger partial charge in [0.15, 0.2) is 0 Å². The molecule has 150 valence electrons. The summed E-state index contributed by atoms with van der Waals surface area (Å²) in [6.45, 7) is 6.77. The van der Waals surface area contributed by atoms with E-state index in [1.54, 1.807) is 27.7 Å². The van der Waals surface area contributed by atoms with Gasteiger partial charge in [0.05, 0.1) is 5.54 Å². The molecule has 2 aliphatic carbocycles. The normalized spacial score (nSPS) is 37.4. The molecule has 4 atom stereocenters. The van der Waals surface area contributed by atoms with Crippen molar-refractivity contribution < 1.29 is 36.4 Å². The molecule has 9 nitrogen and oxygen atoms in total. The van der Waals surface area contributed by atoms with E-state index in [2.05, 4.69) is 0 Å². The van der Waals surface area contributed by atoms with Crippen LogP contribution in [0.15, 0.2) is 0 Å². The number of nitrogens with two attached hydrogens (primary N) is 1. The van der Waals surface area contributed by atoms with Crippen LogP contribution in [0.3, 0.4) is 0 Å². The van der Waals surface area contributed by atoms with Crippen LogP contribution in [-0.4, -0.2) is 58.8 Å². The number of carbonyl (C=O) groups excluding carboxylic acids is 1. The number of rotatable bonds is 1. The summed E-state index contributed by atoms with van der Waals surface area (Å²) in [7, 11) is -3.99. The Hall–Kier alpha value is -1.46. The number of amides is 1. The Bertz CT molecular complexity index is 707. The van der Waals surface area contributed by atoms with Crippen molar-refractivity contribution in [1.29, 1.82) is 0 Å². The largest absolute Gasteiger partial charge is 0.480 e. The molecule has 0 aromatic heterocycles. The maximum atomic E-state index is 12.3. The first-order valence-electron chi connectivity index (χ1n) is 8.26. The molecule has 1 saturated heterocycles. The van der Waals surface area contributed by atoms with E-state index in [1.165, 1.54) is 0 Å². The first kappa shape index (κ1) is 20.8. The summed E-state index contributed by atoms with van der Waals surface area (Å²) in [6.07, 6.45) is -0.852. The van der Waals surface area contributed by atoms with Crippen molar-refractivity contribution in [2.24, 2.45) is 5.73 Å². The molecule has 2 saturated carbocycles. The number of carboxylic acid groups (broad SMARTS) is 1. The topological polar surface area (TPSA) is 136 Å². The second kappa shape index (κ2) is 6.31. The van der Waals surface area contributed by atoms with Crippen molar-refractivity contribution in [3.05, 3.63) is 0 Å². The molecule has 0 spiro atoms. The van der Waals surface area contributed by atoms with Crippen LogP contribution in [0, 0.1) is 0 Å². The second-order valence-corrected chi connectivity index (χ2v) is 9.45. The molecule has 1 amide bonds. The zero-order chi connectivity index (χ0) is 20.1. The Morgan fingerprint density at radius 2 is 1.88 bits per heavy atom. The third-order valence-electron chi connectivity index (χ3n) is 4.86. The number of carboxylic acids is 1. The molecular formula is C15H25FN2O7S. The van der Waals surface area contributed by atoms with E-state index >= 15 is 0 Å². The number of hydrogen-bond donors (Lipinski definition) is 2. The number of alkyl halides is 1. The van der Waals surface area contributed by atoms with Crippen molar-refractivity contribution in [1.82, 2.24) is 4.31 Å². The van der Waals surface area contributed by atoms with Crippen LogP contribution in [0.5, 0.6) is 0 Å². The Balaban J connectivity index is 0.000000228. The number of aliphatic carboxylic acids is 1. The number of carbonyl (C=O) groups is 2. The quantitative estimate of drug-likeness (QED) is 0.678. The van der Waals surface area contributed by atoms with Crippen molar-refractivity contribution in [2.45, 2.75) is 82.3 Å². The molecule has 3 N–H and O–H groups in total. The van der Waals surface area contributed by atoms with Crippen LogP contribution in [0.2, 0.25) is 0 Å². The maximum Gasteiger partial charge on any atom is 0.426 e. The lowest BCUT2D eigenvalue weighted by atomic mass is 9.75. The number of halogens is 1. The van der Waals surface area contributed by atoms with Crippen LogP contribution in [0.25, 0.3) is 0 Å². The van der Waals surface area contributed by atoms with Crippen molar-refractivity contribution >= 4 is 22.4 Å². The highest BCUT2D eigenvalue weighted by Gasteiger charge is 2.63. The van der Waals surface area contributed by atoms with Gasteiger partial charge >= 0.3 is 22.4 Å². The lowest BCUT2D eigenvalue weighted by molar-refractivity contribution is -0.151. The highest BCUT2D eigenvalue weighted by Crippen LogP contribution is 2.48. The predicted molar refractivity (Wildman–Crippen MR) is 88.2 cm³/mol. The summed E-state index contributed by atoms with van der Waals surface area (Å²) in [5.74, 6) is -1.23. The number of fused-ring (bicyclic) bond motifs is 1. The Morgan fingerprint density at radius 1 is 1.31 bits per heavy atom. The monoisotopic (exact) mass is 395 g/mol. The van der Waals surface area contributed by atoms with Gasteiger partial charge in [-0.3, -0.25) is 4.79 Å². The van der Waals surface area contributed by atoms with Crippen LogP contribution in [0.1, 0.15) is 53.4 Å². The standard InChI is InChI=1S/C10H17NO5S.C5H8FNO2/c1-9(2,3)15-8(12)11-10(4)6-5-7(10)16-17(11,13)14;6-3-1-2-5(3,7)4(8)9/h7H,5-6H2,1-4H3;3H,1-2,7H2,(H,8,9)/t7?,10-;3?,5-/m00/s1/i;6-1. The Labute approximate surface area is 151 Å². The van der Waals surface area contributed by atoms with Crippen LogP contribution in [-0.2, 0) is 24.0 Å². The molecule has 0 bridgehead atoms. The summed E-state index contributed by atoms with van der Waals surface area (Å²) in [6, 6.07) is 0. The molecule has 0 aromatic rings. The number of hydrogen-bond acceptors (Lipinski definition) is 7. The van der Waals surface area contributed by atoms with Crippen molar-refractivity contribution in [3.8, 4) is 0 Å². The smallest absolute Gasteiger partial charge is 0.426 e. The lowest BCUT2D eigenvalue weighted by Gasteiger charge is -2.42. The minimum absolute atomic E-state index is 0.253. The van der Waals surface area contributed by atoms with Gasteiger partial charge in [0.25, 0.3) is 0 Å². The van der Waals surface area contributed by atoms with E-state index < -0.39 is 51.3 Å². The van der Waals surface area contributed by atoms with E-state index in [1.807, 2.05) is 0 Å². The molecule has 0 aromatic carbocycles. The average Bonchev–Trinajstić information content (AvgIpc) is 2.60. The van der Waals surface area contributed by atoms with Gasteiger partial charge in [0.2, 0.25) is 0 Å². The fraction of sp³-hybridized carbons (Fsp3) is 0.867. The molecule has 0 radical (unpaired) electrons. The van der Waals surface area contributed by atoms with Gasteiger partial charge in [0.1, 0.15) is 23.4 Å². The van der Waals surface area contributed by atoms with Gasteiger partial charge in [-0.15, -0.1) is 0 Å². The summed E-state index contributed by atoms with van der Waals surface area (Å²) in [5, 5.41) is 8.30. The van der Waals surface area contributed by atoms with Gasteiger partial charge in [-0.1, -0.05) is 0 Å². The molecule has 11 heteroatoms. The first-order chi connectivity index (χ1) is 11.6. The van der Waals surface area contributed by atoms with Gasteiger partial charge in [-0.05, 0) is 53.4 Å². The third kappa shape index (κ3) is 3.52. The van der Waals surface area contributed by atoms with E-state index in [0.29, 0.717) is 12.8 Å². The van der Waals surface area contributed by atoms with Crippen molar-refractivity contribution in [3.63, 3.8) is 0 Å². The first-order valence-corrected chi connectivity index (χ1v) is 9.63. The van der Waals surface area contributed by atoms with Gasteiger partial charge in [-0.2, -0.15) is 12.7 Å². The van der Waals surface area contributed by atoms with Gasteiger partial charge in [0, 0.05) is 0 Å². The fourth-order valence-electron chi connectivity index (χ4n) is 2.92. The van der Waals surface area contributed by atoms with Gasteiger partial charge < -0.3 is 15.6 Å². The zero-order valence-electron chi connectivity index (χ0n) is 15.2. The van der Waals surface area contributed by atoms with Gasteiger partial charge in [-0.25, -0.2) is 13.4 Å². The average molecular weight is 395 g/mol. The molecule has 2 unspecified atom stereocenters. The molecule has 26 heavy (non-hydrogen) atoms. The highest BCUT2D eigenvalue weighted by atomic mass is 32.2. The highest BCUT2D eigenvalue weighted by molar-refractivity contribution is 7.85. The molecule has 3 rings (SSSR count). The minimum Gasteiger partial charge on any atom is -0.480 e. The minimum atomic E-state index is -3.99. The molecule has 1 aliphatic heterocycles.